The van der Waals surface area contributed by atoms with Crippen molar-refractivity contribution >= 4 is 28.4 Å². The van der Waals surface area contributed by atoms with Gasteiger partial charge in [-0.15, -0.1) is 5.10 Å². The zero-order chi connectivity index (χ0) is 20.1. The maximum Gasteiger partial charge on any atom is 0.287 e. The van der Waals surface area contributed by atoms with E-state index in [2.05, 4.69) is 25.4 Å². The molecule has 0 saturated carbocycles. The van der Waals surface area contributed by atoms with Gasteiger partial charge in [0.2, 0.25) is 5.91 Å². The molecule has 1 aliphatic heterocycles. The Morgan fingerprint density at radius 2 is 2.07 bits per heavy atom. The molecule has 0 unspecified atom stereocenters. The monoisotopic (exact) mass is 391 g/mol. The van der Waals surface area contributed by atoms with Crippen molar-refractivity contribution < 1.29 is 18.0 Å². The van der Waals surface area contributed by atoms with E-state index in [0.717, 1.165) is 13.0 Å². The summed E-state index contributed by atoms with van der Waals surface area (Å²) in [6.07, 6.45) is 1.76. The van der Waals surface area contributed by atoms with Crippen molar-refractivity contribution in [2.75, 3.05) is 23.3 Å². The number of nitrogens with zero attached hydrogens (tertiary/aromatic N) is 6. The van der Waals surface area contributed by atoms with Gasteiger partial charge in [0.1, 0.15) is 17.7 Å². The molecular formula is C17H16F3N7O. The first-order chi connectivity index (χ1) is 13.2. The standard InChI is InChI=1S/C17H16F3N7O/c1-9(28)23-14-5-12-11(6-22-14)15(26-7-10(18)8-26)25-27(12)16-21-4-3-13(24-16)17(2,19)20/h3-6,10H,7-8H2,1-2H3,(H,22,23,28). The molecule has 3 aromatic rings. The molecule has 0 bridgehead atoms. The molecule has 0 aliphatic carbocycles. The first-order valence-electron chi connectivity index (χ1n) is 8.49. The summed E-state index contributed by atoms with van der Waals surface area (Å²) in [4.78, 5) is 25.2. The molecule has 4 heterocycles. The molecular weight excluding hydrogens is 375 g/mol. The maximum absolute atomic E-state index is 13.7. The molecule has 3 aromatic heterocycles. The van der Waals surface area contributed by atoms with E-state index in [1.165, 1.54) is 24.0 Å². The Bertz CT molecular complexity index is 1060. The van der Waals surface area contributed by atoms with Gasteiger partial charge in [0, 0.05) is 32.3 Å². The molecule has 0 radical (unpaired) electrons. The summed E-state index contributed by atoms with van der Waals surface area (Å²) < 4.78 is 42.0. The molecule has 1 saturated heterocycles. The normalized spacial score (nSPS) is 15.0. The number of fused-ring (bicyclic) bond motifs is 1. The highest BCUT2D eigenvalue weighted by Gasteiger charge is 2.31. The highest BCUT2D eigenvalue weighted by Crippen LogP contribution is 2.32. The molecule has 1 fully saturated rings. The molecule has 1 amide bonds. The fraction of sp³-hybridized carbons (Fsp3) is 0.353. The van der Waals surface area contributed by atoms with Crippen LogP contribution in [0.5, 0.6) is 0 Å². The summed E-state index contributed by atoms with van der Waals surface area (Å²) in [6, 6.07) is 2.67. The number of amides is 1. The van der Waals surface area contributed by atoms with E-state index in [1.54, 1.807) is 11.0 Å². The van der Waals surface area contributed by atoms with Crippen LogP contribution in [-0.4, -0.2) is 49.9 Å². The number of pyridine rings is 1. The van der Waals surface area contributed by atoms with Gasteiger partial charge in [-0.05, 0) is 6.07 Å². The van der Waals surface area contributed by atoms with E-state index in [9.17, 15) is 18.0 Å². The van der Waals surface area contributed by atoms with Crippen molar-refractivity contribution in [3.05, 3.63) is 30.2 Å². The van der Waals surface area contributed by atoms with E-state index in [1.807, 2.05) is 0 Å². The van der Waals surface area contributed by atoms with E-state index in [4.69, 9.17) is 0 Å². The SMILES string of the molecule is CC(=O)Nc1cc2c(cn1)c(N1CC(F)C1)nn2-c1nccc(C(C)(F)F)n1. The van der Waals surface area contributed by atoms with Crippen molar-refractivity contribution in [2.45, 2.75) is 25.9 Å². The Labute approximate surface area is 157 Å². The minimum atomic E-state index is -3.15. The van der Waals surface area contributed by atoms with E-state index in [0.29, 0.717) is 16.7 Å². The smallest absolute Gasteiger partial charge is 0.287 e. The van der Waals surface area contributed by atoms with Gasteiger partial charge in [0.15, 0.2) is 5.82 Å². The van der Waals surface area contributed by atoms with Crippen LogP contribution in [0.3, 0.4) is 0 Å². The zero-order valence-electron chi connectivity index (χ0n) is 15.0. The number of aromatic nitrogens is 5. The summed E-state index contributed by atoms with van der Waals surface area (Å²) >= 11 is 0. The van der Waals surface area contributed by atoms with Crippen LogP contribution < -0.4 is 10.2 Å². The van der Waals surface area contributed by atoms with Gasteiger partial charge in [-0.3, -0.25) is 4.79 Å². The molecule has 0 atom stereocenters. The molecule has 1 aliphatic rings. The van der Waals surface area contributed by atoms with Crippen LogP contribution in [0.4, 0.5) is 24.8 Å². The molecule has 8 nitrogen and oxygen atoms in total. The molecule has 0 spiro atoms. The van der Waals surface area contributed by atoms with Crippen molar-refractivity contribution in [1.82, 2.24) is 24.7 Å². The number of rotatable bonds is 4. The van der Waals surface area contributed by atoms with Crippen LogP contribution in [0.15, 0.2) is 24.5 Å². The Kier molecular flexibility index (Phi) is 4.16. The van der Waals surface area contributed by atoms with Gasteiger partial charge in [0.05, 0.1) is 24.0 Å². The minimum absolute atomic E-state index is 0.0624. The number of anilines is 2. The number of hydrogen-bond donors (Lipinski definition) is 1. The Morgan fingerprint density at radius 3 is 2.71 bits per heavy atom. The van der Waals surface area contributed by atoms with E-state index in [-0.39, 0.29) is 30.8 Å². The third-order valence-corrected chi connectivity index (χ3v) is 4.27. The second-order valence-corrected chi connectivity index (χ2v) is 6.64. The van der Waals surface area contributed by atoms with Crippen LogP contribution >= 0.6 is 0 Å². The van der Waals surface area contributed by atoms with E-state index < -0.39 is 17.8 Å². The van der Waals surface area contributed by atoms with Gasteiger partial charge in [-0.2, -0.15) is 13.5 Å². The Hall–Kier alpha value is -3.24. The predicted molar refractivity (Wildman–Crippen MR) is 95.4 cm³/mol. The number of alkyl halides is 3. The summed E-state index contributed by atoms with van der Waals surface area (Å²) in [6.45, 7) is 2.43. The largest absolute Gasteiger partial charge is 0.349 e. The van der Waals surface area contributed by atoms with Crippen LogP contribution in [0.1, 0.15) is 19.5 Å². The number of nitrogens with one attached hydrogen (secondary N) is 1. The van der Waals surface area contributed by atoms with Crippen LogP contribution in [0, 0.1) is 0 Å². The molecule has 11 heteroatoms. The van der Waals surface area contributed by atoms with Crippen molar-refractivity contribution in [2.24, 2.45) is 0 Å². The highest BCUT2D eigenvalue weighted by atomic mass is 19.3. The predicted octanol–water partition coefficient (Wildman–Crippen LogP) is 2.44. The minimum Gasteiger partial charge on any atom is -0.349 e. The molecule has 1 N–H and O–H groups in total. The first kappa shape index (κ1) is 18.1. The van der Waals surface area contributed by atoms with Gasteiger partial charge in [-0.1, -0.05) is 0 Å². The Morgan fingerprint density at radius 1 is 1.32 bits per heavy atom. The third-order valence-electron chi connectivity index (χ3n) is 4.27. The summed E-state index contributed by atoms with van der Waals surface area (Å²) in [7, 11) is 0. The third kappa shape index (κ3) is 3.23. The van der Waals surface area contributed by atoms with Crippen LogP contribution in [-0.2, 0) is 10.7 Å². The van der Waals surface area contributed by atoms with Crippen molar-refractivity contribution in [3.63, 3.8) is 0 Å². The summed E-state index contributed by atoms with van der Waals surface area (Å²) in [5.41, 5.74) is -0.000703. The average molecular weight is 391 g/mol. The zero-order valence-corrected chi connectivity index (χ0v) is 15.0. The lowest BCUT2D eigenvalue weighted by molar-refractivity contribution is -0.114. The Balaban J connectivity index is 1.87. The quantitative estimate of drug-likeness (QED) is 0.735. The van der Waals surface area contributed by atoms with Gasteiger partial charge >= 0.3 is 0 Å². The average Bonchev–Trinajstić information content (AvgIpc) is 2.96. The number of halogens is 3. The summed E-state index contributed by atoms with van der Waals surface area (Å²) in [5, 5.41) is 7.54. The fourth-order valence-electron chi connectivity index (χ4n) is 2.92. The molecule has 4 rings (SSSR count). The molecule has 0 aromatic carbocycles. The molecule has 28 heavy (non-hydrogen) atoms. The second kappa shape index (κ2) is 6.43. The number of carbonyl (C=O) groups excluding carboxylic acids is 1. The fourth-order valence-corrected chi connectivity index (χ4v) is 2.92. The molecule has 146 valence electrons. The van der Waals surface area contributed by atoms with Gasteiger partial charge in [-0.25, -0.2) is 19.3 Å². The van der Waals surface area contributed by atoms with Crippen molar-refractivity contribution in [1.29, 1.82) is 0 Å². The van der Waals surface area contributed by atoms with Crippen LogP contribution in [0.2, 0.25) is 0 Å². The highest BCUT2D eigenvalue weighted by molar-refractivity contribution is 5.95. The maximum atomic E-state index is 13.7. The number of carbonyl (C=O) groups is 1. The second-order valence-electron chi connectivity index (χ2n) is 6.64. The number of hydrogen-bond acceptors (Lipinski definition) is 6. The van der Waals surface area contributed by atoms with Crippen LogP contribution in [0.25, 0.3) is 16.9 Å². The lowest BCUT2D eigenvalue weighted by Crippen LogP contribution is -2.48. The topological polar surface area (TPSA) is 88.8 Å². The summed E-state index contributed by atoms with van der Waals surface area (Å²) in [5.74, 6) is -2.82. The van der Waals surface area contributed by atoms with Gasteiger partial charge < -0.3 is 10.2 Å². The lowest BCUT2D eigenvalue weighted by atomic mass is 10.2. The van der Waals surface area contributed by atoms with Crippen molar-refractivity contribution in [3.8, 4) is 5.95 Å². The van der Waals surface area contributed by atoms with Gasteiger partial charge in [0.25, 0.3) is 11.9 Å². The lowest BCUT2D eigenvalue weighted by Gasteiger charge is -2.34. The first-order valence-corrected chi connectivity index (χ1v) is 8.49. The van der Waals surface area contributed by atoms with E-state index >= 15 is 0 Å².